The van der Waals surface area contributed by atoms with Crippen LogP contribution in [0.3, 0.4) is 0 Å². The number of aliphatic hydroxyl groups is 1. The van der Waals surface area contributed by atoms with Gasteiger partial charge in [0.1, 0.15) is 11.9 Å². The Balaban J connectivity index is 2.38. The van der Waals surface area contributed by atoms with Crippen molar-refractivity contribution >= 4 is 11.6 Å². The molecule has 0 spiro atoms. The van der Waals surface area contributed by atoms with Crippen LogP contribution in [-0.4, -0.2) is 5.11 Å². The second-order valence-corrected chi connectivity index (χ2v) is 5.92. The van der Waals surface area contributed by atoms with Crippen molar-refractivity contribution in [3.8, 4) is 6.07 Å². The van der Waals surface area contributed by atoms with Crippen LogP contribution in [-0.2, 0) is 0 Å². The predicted molar refractivity (Wildman–Crippen MR) is 72.0 cm³/mol. The first-order valence-corrected chi connectivity index (χ1v) is 6.91. The van der Waals surface area contributed by atoms with Crippen LogP contribution < -0.4 is 0 Å². The minimum Gasteiger partial charge on any atom is -0.387 e. The molecule has 1 aliphatic rings. The highest BCUT2D eigenvalue weighted by molar-refractivity contribution is 6.30. The predicted octanol–water partition coefficient (Wildman–Crippen LogP) is 4.23. The minimum atomic E-state index is -1.13. The van der Waals surface area contributed by atoms with Crippen molar-refractivity contribution in [3.63, 3.8) is 0 Å². The first-order chi connectivity index (χ1) is 9.00. The van der Waals surface area contributed by atoms with Gasteiger partial charge in [0, 0.05) is 5.56 Å². The van der Waals surface area contributed by atoms with E-state index in [0.717, 1.165) is 12.8 Å². The number of aliphatic hydroxyl groups excluding tert-OH is 1. The van der Waals surface area contributed by atoms with Crippen molar-refractivity contribution in [2.24, 2.45) is 11.3 Å². The van der Waals surface area contributed by atoms with Gasteiger partial charge in [-0.2, -0.15) is 5.26 Å². The molecule has 1 fully saturated rings. The zero-order valence-corrected chi connectivity index (χ0v) is 11.6. The van der Waals surface area contributed by atoms with Crippen molar-refractivity contribution in [1.29, 1.82) is 5.26 Å². The van der Waals surface area contributed by atoms with Gasteiger partial charge in [0.25, 0.3) is 0 Å². The minimum absolute atomic E-state index is 0.0199. The monoisotopic (exact) mass is 281 g/mol. The summed E-state index contributed by atoms with van der Waals surface area (Å²) in [6.45, 7) is 2.06. The van der Waals surface area contributed by atoms with E-state index in [2.05, 4.69) is 13.0 Å². The molecule has 0 saturated heterocycles. The lowest BCUT2D eigenvalue weighted by atomic mass is 9.66. The molecule has 3 atom stereocenters. The van der Waals surface area contributed by atoms with E-state index in [9.17, 15) is 14.8 Å². The molecule has 1 saturated carbocycles. The zero-order valence-electron chi connectivity index (χ0n) is 10.9. The van der Waals surface area contributed by atoms with Crippen LogP contribution in [0, 0.1) is 28.5 Å². The summed E-state index contributed by atoms with van der Waals surface area (Å²) in [4.78, 5) is 0. The number of nitrogens with zero attached hydrogens (tertiary/aromatic N) is 1. The number of benzene rings is 1. The number of nitriles is 1. The molecule has 19 heavy (non-hydrogen) atoms. The van der Waals surface area contributed by atoms with Crippen molar-refractivity contribution in [3.05, 3.63) is 34.6 Å². The van der Waals surface area contributed by atoms with Gasteiger partial charge in [-0.15, -0.1) is 0 Å². The van der Waals surface area contributed by atoms with E-state index < -0.39 is 17.3 Å². The van der Waals surface area contributed by atoms with Gasteiger partial charge in [0.05, 0.1) is 16.5 Å². The highest BCUT2D eigenvalue weighted by Gasteiger charge is 2.43. The Bertz CT molecular complexity index is 513. The molecule has 2 rings (SSSR count). The number of rotatable bonds is 2. The molecule has 1 aromatic rings. The maximum atomic E-state index is 14.0. The molecule has 0 amide bonds. The van der Waals surface area contributed by atoms with Crippen LogP contribution in [0.2, 0.25) is 5.02 Å². The smallest absolute Gasteiger partial charge is 0.147 e. The SMILES string of the molecule is CC1CCCC(C#N)(C(O)c2cccc(Cl)c2F)C1. The maximum absolute atomic E-state index is 14.0. The Morgan fingerprint density at radius 3 is 2.95 bits per heavy atom. The summed E-state index contributed by atoms with van der Waals surface area (Å²) in [5, 5.41) is 20.0. The average molecular weight is 282 g/mol. The lowest BCUT2D eigenvalue weighted by molar-refractivity contribution is 0.0196. The molecule has 3 unspecified atom stereocenters. The van der Waals surface area contributed by atoms with Crippen LogP contribution in [0.15, 0.2) is 18.2 Å². The third kappa shape index (κ3) is 2.61. The highest BCUT2D eigenvalue weighted by Crippen LogP contribution is 2.48. The molecule has 102 valence electrons. The van der Waals surface area contributed by atoms with Gasteiger partial charge >= 0.3 is 0 Å². The number of hydrogen-bond donors (Lipinski definition) is 1. The summed E-state index contributed by atoms with van der Waals surface area (Å²) >= 11 is 5.75. The van der Waals surface area contributed by atoms with Crippen molar-refractivity contribution < 1.29 is 9.50 Å². The molecule has 1 N–H and O–H groups in total. The van der Waals surface area contributed by atoms with Crippen LogP contribution in [0.5, 0.6) is 0 Å². The Morgan fingerprint density at radius 1 is 1.58 bits per heavy atom. The van der Waals surface area contributed by atoms with Gasteiger partial charge < -0.3 is 5.11 Å². The van der Waals surface area contributed by atoms with Crippen molar-refractivity contribution in [2.75, 3.05) is 0 Å². The summed E-state index contributed by atoms with van der Waals surface area (Å²) < 4.78 is 14.0. The van der Waals surface area contributed by atoms with Crippen molar-refractivity contribution in [1.82, 2.24) is 0 Å². The average Bonchev–Trinajstić information content (AvgIpc) is 2.41. The van der Waals surface area contributed by atoms with Crippen LogP contribution in [0.25, 0.3) is 0 Å². The van der Waals surface area contributed by atoms with E-state index in [0.29, 0.717) is 18.8 Å². The molecule has 2 nitrogen and oxygen atoms in total. The fourth-order valence-corrected chi connectivity index (χ4v) is 3.21. The Kier molecular flexibility index (Phi) is 4.13. The van der Waals surface area contributed by atoms with E-state index in [1.54, 1.807) is 6.07 Å². The standard InChI is InChI=1S/C15H17ClFNO/c1-10-4-3-7-15(8-10,9-18)14(19)11-5-2-6-12(16)13(11)17/h2,5-6,10,14,19H,3-4,7-8H2,1H3. The molecule has 0 aromatic heterocycles. The summed E-state index contributed by atoms with van der Waals surface area (Å²) in [7, 11) is 0. The van der Waals surface area contributed by atoms with E-state index in [1.165, 1.54) is 12.1 Å². The first kappa shape index (κ1) is 14.3. The Morgan fingerprint density at radius 2 is 2.32 bits per heavy atom. The fourth-order valence-electron chi connectivity index (χ4n) is 3.03. The maximum Gasteiger partial charge on any atom is 0.147 e. The first-order valence-electron chi connectivity index (χ1n) is 6.53. The van der Waals surface area contributed by atoms with E-state index >= 15 is 0 Å². The molecule has 1 aliphatic carbocycles. The molecule has 4 heteroatoms. The molecule has 1 aromatic carbocycles. The molecular weight excluding hydrogens is 265 g/mol. The van der Waals surface area contributed by atoms with Gasteiger partial charge in [-0.05, 0) is 24.8 Å². The lowest BCUT2D eigenvalue weighted by Crippen LogP contribution is -2.33. The summed E-state index contributed by atoms with van der Waals surface area (Å²) in [6, 6.07) is 6.78. The fraction of sp³-hybridized carbons (Fsp3) is 0.533. The normalized spacial score (nSPS) is 28.7. The molecular formula is C15H17ClFNO. The second kappa shape index (κ2) is 5.48. The summed E-state index contributed by atoms with van der Waals surface area (Å²) in [5.41, 5.74) is -0.772. The number of halogens is 2. The quantitative estimate of drug-likeness (QED) is 0.881. The van der Waals surface area contributed by atoms with Gasteiger partial charge in [-0.1, -0.05) is 43.5 Å². The Hall–Kier alpha value is -1.11. The lowest BCUT2D eigenvalue weighted by Gasteiger charge is -2.38. The van der Waals surface area contributed by atoms with Crippen LogP contribution in [0.4, 0.5) is 4.39 Å². The molecule has 0 bridgehead atoms. The highest BCUT2D eigenvalue weighted by atomic mass is 35.5. The van der Waals surface area contributed by atoms with Crippen LogP contribution >= 0.6 is 11.6 Å². The van der Waals surface area contributed by atoms with E-state index in [4.69, 9.17) is 11.6 Å². The van der Waals surface area contributed by atoms with Gasteiger partial charge in [0.15, 0.2) is 0 Å². The molecule has 0 heterocycles. The third-order valence-electron chi connectivity index (χ3n) is 4.05. The van der Waals surface area contributed by atoms with Gasteiger partial charge in [-0.3, -0.25) is 0 Å². The van der Waals surface area contributed by atoms with E-state index in [1.807, 2.05) is 0 Å². The summed E-state index contributed by atoms with van der Waals surface area (Å²) in [5.74, 6) is -0.255. The van der Waals surface area contributed by atoms with E-state index in [-0.39, 0.29) is 10.6 Å². The topological polar surface area (TPSA) is 44.0 Å². The van der Waals surface area contributed by atoms with Gasteiger partial charge in [-0.25, -0.2) is 4.39 Å². The number of hydrogen-bond acceptors (Lipinski definition) is 2. The Labute approximate surface area is 117 Å². The molecule has 0 aliphatic heterocycles. The second-order valence-electron chi connectivity index (χ2n) is 5.52. The largest absolute Gasteiger partial charge is 0.387 e. The van der Waals surface area contributed by atoms with Crippen molar-refractivity contribution in [2.45, 2.75) is 38.7 Å². The molecule has 0 radical (unpaired) electrons. The van der Waals surface area contributed by atoms with Crippen LogP contribution in [0.1, 0.15) is 44.3 Å². The van der Waals surface area contributed by atoms with Gasteiger partial charge in [0.2, 0.25) is 0 Å². The third-order valence-corrected chi connectivity index (χ3v) is 4.35. The zero-order chi connectivity index (χ0) is 14.0. The summed E-state index contributed by atoms with van der Waals surface area (Å²) in [6.07, 6.45) is 2.00.